The number of carbonyl (C=O) groups excluding carboxylic acids is 2. The van der Waals surface area contributed by atoms with Crippen LogP contribution in [0.1, 0.15) is 72.6 Å². The first-order chi connectivity index (χ1) is 14.1. The van der Waals surface area contributed by atoms with E-state index in [0.717, 1.165) is 6.42 Å². The number of hydrogen-bond acceptors (Lipinski definition) is 8. The van der Waals surface area contributed by atoms with Crippen molar-refractivity contribution in [3.63, 3.8) is 0 Å². The molecule has 0 aromatic heterocycles. The predicted octanol–water partition coefficient (Wildman–Crippen LogP) is 4.00. The molecule has 0 amide bonds. The second kappa shape index (κ2) is 14.5. The van der Waals surface area contributed by atoms with Crippen LogP contribution in [0.5, 0.6) is 0 Å². The fraction of sp³-hybridized carbons (Fsp3) is 0.800. The third-order valence-corrected chi connectivity index (χ3v) is 4.90. The lowest BCUT2D eigenvalue weighted by atomic mass is 9.73. The first-order valence-electron chi connectivity index (χ1n) is 10.2. The molecule has 2 unspecified atom stereocenters. The Morgan fingerprint density at radius 3 is 1.60 bits per heavy atom. The monoisotopic (exact) mass is 434 g/mol. The normalized spacial score (nSPS) is 14.7. The van der Waals surface area contributed by atoms with Crippen molar-refractivity contribution in [2.24, 2.45) is 5.41 Å². The molecule has 0 aliphatic carbocycles. The molecule has 10 heteroatoms. The van der Waals surface area contributed by atoms with Crippen molar-refractivity contribution in [1.29, 1.82) is 0 Å². The van der Waals surface area contributed by atoms with Crippen molar-refractivity contribution in [3.05, 3.63) is 0 Å². The summed E-state index contributed by atoms with van der Waals surface area (Å²) in [4.78, 5) is 46.4. The van der Waals surface area contributed by atoms with Crippen molar-refractivity contribution in [2.75, 3.05) is 13.2 Å². The van der Waals surface area contributed by atoms with Gasteiger partial charge in [0.05, 0.1) is 13.2 Å². The molecular formula is C20H34O10. The van der Waals surface area contributed by atoms with Gasteiger partial charge in [-0.15, -0.1) is 0 Å². The van der Waals surface area contributed by atoms with Crippen molar-refractivity contribution in [1.82, 2.24) is 0 Å². The van der Waals surface area contributed by atoms with Crippen molar-refractivity contribution < 1.29 is 48.3 Å². The molecule has 0 aromatic rings. The highest BCUT2D eigenvalue weighted by atomic mass is 16.7. The van der Waals surface area contributed by atoms with E-state index >= 15 is 0 Å². The molecule has 10 nitrogen and oxygen atoms in total. The average Bonchev–Trinajstić information content (AvgIpc) is 2.63. The molecule has 0 aliphatic heterocycles. The molecule has 2 N–H and O–H groups in total. The Hall–Kier alpha value is -2.52. The van der Waals surface area contributed by atoms with Crippen LogP contribution in [-0.2, 0) is 28.5 Å². The number of carboxylic acid groups (broad SMARTS) is 2. The molecule has 2 atom stereocenters. The largest absolute Gasteiger partial charge is 0.508 e. The number of hydrogen-bond donors (Lipinski definition) is 2. The van der Waals surface area contributed by atoms with E-state index in [-0.39, 0.29) is 26.1 Å². The van der Waals surface area contributed by atoms with Gasteiger partial charge in [0.1, 0.15) is 17.6 Å². The standard InChI is InChI=1S/C20H34O10/c1-5-27-18(25)29-14(3)20(17(23)24,15(4)30-19(26)28-6-2)13-11-9-7-8-10-12-16(21)22/h14-15H,5-13H2,1-4H3,(H,21,22)(H,23,24). The van der Waals surface area contributed by atoms with Gasteiger partial charge >= 0.3 is 24.2 Å². The Balaban J connectivity index is 5.26. The van der Waals surface area contributed by atoms with Gasteiger partial charge in [-0.2, -0.15) is 0 Å². The predicted molar refractivity (Wildman–Crippen MR) is 105 cm³/mol. The Morgan fingerprint density at radius 1 is 0.767 bits per heavy atom. The highest BCUT2D eigenvalue weighted by Gasteiger charge is 2.52. The summed E-state index contributed by atoms with van der Waals surface area (Å²) in [7, 11) is 0. The van der Waals surface area contributed by atoms with Crippen molar-refractivity contribution in [3.8, 4) is 0 Å². The first-order valence-corrected chi connectivity index (χ1v) is 10.2. The topological polar surface area (TPSA) is 146 Å². The minimum absolute atomic E-state index is 0.0663. The summed E-state index contributed by atoms with van der Waals surface area (Å²) in [6.07, 6.45) is -1.07. The van der Waals surface area contributed by atoms with E-state index in [1.165, 1.54) is 13.8 Å². The summed E-state index contributed by atoms with van der Waals surface area (Å²) >= 11 is 0. The molecule has 0 saturated carbocycles. The maximum Gasteiger partial charge on any atom is 0.508 e. The molecule has 0 spiro atoms. The van der Waals surface area contributed by atoms with Gasteiger partial charge in [0, 0.05) is 6.42 Å². The molecule has 0 aromatic carbocycles. The minimum atomic E-state index is -1.71. The zero-order chi connectivity index (χ0) is 23.2. The number of carbonyl (C=O) groups is 4. The van der Waals surface area contributed by atoms with Crippen LogP contribution in [0.25, 0.3) is 0 Å². The van der Waals surface area contributed by atoms with Crippen LogP contribution >= 0.6 is 0 Å². The van der Waals surface area contributed by atoms with Crippen LogP contribution < -0.4 is 0 Å². The third kappa shape index (κ3) is 9.32. The summed E-state index contributed by atoms with van der Waals surface area (Å²) in [6.45, 7) is 6.15. The second-order valence-electron chi connectivity index (χ2n) is 6.89. The number of aliphatic carboxylic acids is 2. The number of unbranched alkanes of at least 4 members (excludes halogenated alkanes) is 4. The zero-order valence-electron chi connectivity index (χ0n) is 18.2. The maximum absolute atomic E-state index is 12.3. The lowest BCUT2D eigenvalue weighted by Crippen LogP contribution is -2.52. The molecule has 0 fully saturated rings. The maximum atomic E-state index is 12.3. The van der Waals surface area contributed by atoms with E-state index in [0.29, 0.717) is 25.7 Å². The van der Waals surface area contributed by atoms with Crippen LogP contribution in [0.4, 0.5) is 9.59 Å². The fourth-order valence-corrected chi connectivity index (χ4v) is 3.22. The Bertz CT molecular complexity index is 534. The van der Waals surface area contributed by atoms with Gasteiger partial charge in [0.2, 0.25) is 0 Å². The quantitative estimate of drug-likeness (QED) is 0.286. The second-order valence-corrected chi connectivity index (χ2v) is 6.89. The van der Waals surface area contributed by atoms with Gasteiger partial charge < -0.3 is 29.2 Å². The molecule has 174 valence electrons. The number of carboxylic acids is 2. The Kier molecular flexibility index (Phi) is 13.2. The molecule has 0 rings (SSSR count). The van der Waals surface area contributed by atoms with E-state index in [4.69, 9.17) is 24.1 Å². The van der Waals surface area contributed by atoms with Crippen LogP contribution in [-0.4, -0.2) is 59.9 Å². The van der Waals surface area contributed by atoms with Crippen LogP contribution in [0.3, 0.4) is 0 Å². The van der Waals surface area contributed by atoms with Gasteiger partial charge in [0.15, 0.2) is 0 Å². The average molecular weight is 434 g/mol. The molecule has 0 heterocycles. The zero-order valence-corrected chi connectivity index (χ0v) is 18.2. The SMILES string of the molecule is CCOC(=O)OC(C)C(CCCCCCCC(=O)O)(C(=O)O)C(C)OC(=O)OCC. The van der Waals surface area contributed by atoms with Crippen molar-refractivity contribution in [2.45, 2.75) is 84.8 Å². The third-order valence-electron chi connectivity index (χ3n) is 4.90. The fourth-order valence-electron chi connectivity index (χ4n) is 3.22. The van der Waals surface area contributed by atoms with E-state index in [1.807, 2.05) is 0 Å². The lowest BCUT2D eigenvalue weighted by Gasteiger charge is -2.38. The van der Waals surface area contributed by atoms with Gasteiger partial charge in [-0.1, -0.05) is 25.7 Å². The molecule has 30 heavy (non-hydrogen) atoms. The summed E-state index contributed by atoms with van der Waals surface area (Å²) < 4.78 is 19.8. The van der Waals surface area contributed by atoms with Crippen molar-refractivity contribution >= 4 is 24.2 Å². The van der Waals surface area contributed by atoms with Gasteiger partial charge in [-0.3, -0.25) is 9.59 Å². The molecule has 0 aliphatic rings. The number of ether oxygens (including phenoxy) is 4. The van der Waals surface area contributed by atoms with E-state index in [1.54, 1.807) is 13.8 Å². The van der Waals surface area contributed by atoms with Gasteiger partial charge in [-0.05, 0) is 40.5 Å². The first kappa shape index (κ1) is 27.5. The highest BCUT2D eigenvalue weighted by Crippen LogP contribution is 2.38. The Labute approximate surface area is 176 Å². The summed E-state index contributed by atoms with van der Waals surface area (Å²) in [5.74, 6) is -2.13. The number of rotatable bonds is 15. The molecular weight excluding hydrogens is 400 g/mol. The van der Waals surface area contributed by atoms with E-state index in [2.05, 4.69) is 0 Å². The summed E-state index contributed by atoms with van der Waals surface area (Å²) in [6, 6.07) is 0. The smallest absolute Gasteiger partial charge is 0.481 e. The lowest BCUT2D eigenvalue weighted by molar-refractivity contribution is -0.170. The van der Waals surface area contributed by atoms with E-state index in [9.17, 15) is 24.3 Å². The molecule has 0 saturated heterocycles. The van der Waals surface area contributed by atoms with Crippen LogP contribution in [0, 0.1) is 5.41 Å². The Morgan fingerprint density at radius 2 is 1.20 bits per heavy atom. The van der Waals surface area contributed by atoms with Gasteiger partial charge in [-0.25, -0.2) is 9.59 Å². The van der Waals surface area contributed by atoms with E-state index < -0.39 is 41.9 Å². The summed E-state index contributed by atoms with van der Waals surface area (Å²) in [5.41, 5.74) is -1.71. The van der Waals surface area contributed by atoms with Crippen LogP contribution in [0.15, 0.2) is 0 Å². The van der Waals surface area contributed by atoms with Gasteiger partial charge in [0.25, 0.3) is 0 Å². The summed E-state index contributed by atoms with van der Waals surface area (Å²) in [5, 5.41) is 18.7. The molecule has 0 bridgehead atoms. The minimum Gasteiger partial charge on any atom is -0.481 e. The molecule has 0 radical (unpaired) electrons. The van der Waals surface area contributed by atoms with Crippen LogP contribution in [0.2, 0.25) is 0 Å². The highest BCUT2D eigenvalue weighted by molar-refractivity contribution is 5.77.